The first-order valence-electron chi connectivity index (χ1n) is 15.5. The zero-order chi connectivity index (χ0) is 29.9. The lowest BCUT2D eigenvalue weighted by Crippen LogP contribution is -2.17. The standard InChI is InChI=1S/C31H52F3O4S2/c1-3-5-7-9-11-13-15-17-19-21-25-39(35,36)28-23-24-30(29(27-28)31(32,33)34)40(37,38)26-22-20-18-16-14-12-10-8-6-4-2/h24,27H,3-22,25-26H2,1-2H3. The van der Waals surface area contributed by atoms with Gasteiger partial charge in [0.15, 0.2) is 19.7 Å². The first kappa shape index (κ1) is 36.9. The van der Waals surface area contributed by atoms with Crippen LogP contribution < -0.4 is 0 Å². The topological polar surface area (TPSA) is 68.3 Å². The fraction of sp³-hybridized carbons (Fsp3) is 0.806. The molecule has 0 bridgehead atoms. The fourth-order valence-electron chi connectivity index (χ4n) is 4.90. The minimum absolute atomic E-state index is 0.272. The number of sulfone groups is 2. The Kier molecular flexibility index (Phi) is 18.4. The summed E-state index contributed by atoms with van der Waals surface area (Å²) < 4.78 is 92.6. The van der Waals surface area contributed by atoms with Crippen LogP contribution in [0.4, 0.5) is 13.2 Å². The SMILES string of the molecule is CCCCCCCCCCCCS(=O)(=O)c1[c]cc(S(=O)(=O)CCCCCCCCCCCC)c(C(F)(F)F)c1. The van der Waals surface area contributed by atoms with Gasteiger partial charge < -0.3 is 0 Å². The zero-order valence-electron chi connectivity index (χ0n) is 24.8. The van der Waals surface area contributed by atoms with Gasteiger partial charge in [0.2, 0.25) is 0 Å². The lowest BCUT2D eigenvalue weighted by molar-refractivity contribution is -0.140. The second-order valence-corrected chi connectivity index (χ2v) is 15.2. The molecular formula is C31H52F3O4S2. The van der Waals surface area contributed by atoms with Crippen LogP contribution in [0.2, 0.25) is 0 Å². The number of unbranched alkanes of at least 4 members (excludes halogenated alkanes) is 18. The summed E-state index contributed by atoms with van der Waals surface area (Å²) in [6, 6.07) is 3.52. The second-order valence-electron chi connectivity index (χ2n) is 11.1. The Morgan fingerprint density at radius 3 is 1.30 bits per heavy atom. The van der Waals surface area contributed by atoms with E-state index >= 15 is 0 Å². The maximum absolute atomic E-state index is 13.8. The number of alkyl halides is 3. The summed E-state index contributed by atoms with van der Waals surface area (Å²) in [5.41, 5.74) is -1.42. The summed E-state index contributed by atoms with van der Waals surface area (Å²) in [5, 5.41) is 0. The molecule has 9 heteroatoms. The third kappa shape index (κ3) is 15.2. The molecule has 233 valence electrons. The Hall–Kier alpha value is -1.09. The van der Waals surface area contributed by atoms with Gasteiger partial charge in [-0.3, -0.25) is 0 Å². The molecule has 0 aliphatic rings. The van der Waals surface area contributed by atoms with E-state index in [2.05, 4.69) is 19.9 Å². The van der Waals surface area contributed by atoms with Crippen molar-refractivity contribution in [3.8, 4) is 0 Å². The molecule has 0 aromatic heterocycles. The average molecular weight is 610 g/mol. The molecule has 0 N–H and O–H groups in total. The van der Waals surface area contributed by atoms with E-state index in [1.165, 1.54) is 57.8 Å². The molecular weight excluding hydrogens is 557 g/mol. The van der Waals surface area contributed by atoms with Gasteiger partial charge in [-0.1, -0.05) is 129 Å². The minimum Gasteiger partial charge on any atom is -0.224 e. The van der Waals surface area contributed by atoms with E-state index in [-0.39, 0.29) is 12.2 Å². The lowest BCUT2D eigenvalue weighted by atomic mass is 10.1. The van der Waals surface area contributed by atoms with Gasteiger partial charge in [-0.15, -0.1) is 0 Å². The van der Waals surface area contributed by atoms with E-state index in [4.69, 9.17) is 0 Å². The van der Waals surface area contributed by atoms with Crippen molar-refractivity contribution in [2.75, 3.05) is 11.5 Å². The first-order chi connectivity index (χ1) is 19.0. The van der Waals surface area contributed by atoms with Crippen LogP contribution in [0.5, 0.6) is 0 Å². The number of benzene rings is 1. The van der Waals surface area contributed by atoms with Crippen LogP contribution in [0, 0.1) is 6.07 Å². The van der Waals surface area contributed by atoms with Gasteiger partial charge >= 0.3 is 6.18 Å². The molecule has 0 saturated carbocycles. The molecule has 0 spiro atoms. The normalized spacial score (nSPS) is 12.7. The molecule has 0 atom stereocenters. The van der Waals surface area contributed by atoms with Gasteiger partial charge in [-0.05, 0) is 25.0 Å². The highest BCUT2D eigenvalue weighted by atomic mass is 32.2. The Morgan fingerprint density at radius 1 is 0.575 bits per heavy atom. The van der Waals surface area contributed by atoms with Crippen molar-refractivity contribution in [3.05, 3.63) is 23.8 Å². The van der Waals surface area contributed by atoms with Crippen LogP contribution in [0.1, 0.15) is 148 Å². The highest BCUT2D eigenvalue weighted by Crippen LogP contribution is 2.36. The van der Waals surface area contributed by atoms with Crippen molar-refractivity contribution in [2.24, 2.45) is 0 Å². The van der Waals surface area contributed by atoms with E-state index in [0.717, 1.165) is 44.9 Å². The maximum atomic E-state index is 13.8. The van der Waals surface area contributed by atoms with Crippen LogP contribution in [0.3, 0.4) is 0 Å². The molecule has 0 fully saturated rings. The molecule has 0 aliphatic carbocycles. The van der Waals surface area contributed by atoms with Gasteiger partial charge in [0, 0.05) is 6.07 Å². The fourth-order valence-corrected chi connectivity index (χ4v) is 7.79. The summed E-state index contributed by atoms with van der Waals surface area (Å²) in [6.07, 6.45) is 15.0. The zero-order valence-corrected chi connectivity index (χ0v) is 26.4. The Labute approximate surface area is 242 Å². The molecule has 0 heterocycles. The molecule has 1 radical (unpaired) electrons. The predicted octanol–water partition coefficient (Wildman–Crippen LogP) is 9.89. The van der Waals surface area contributed by atoms with Crippen LogP contribution in [0.25, 0.3) is 0 Å². The smallest absolute Gasteiger partial charge is 0.224 e. The number of hydrogen-bond acceptors (Lipinski definition) is 4. The summed E-state index contributed by atoms with van der Waals surface area (Å²) >= 11 is 0. The molecule has 0 aliphatic heterocycles. The van der Waals surface area contributed by atoms with Crippen molar-refractivity contribution < 1.29 is 30.0 Å². The number of rotatable bonds is 24. The largest absolute Gasteiger partial charge is 0.417 e. The molecule has 0 unspecified atom stereocenters. The molecule has 1 aromatic carbocycles. The third-order valence-corrected chi connectivity index (χ3v) is 11.0. The summed E-state index contributed by atoms with van der Waals surface area (Å²) in [7, 11) is -8.23. The van der Waals surface area contributed by atoms with E-state index in [1.807, 2.05) is 0 Å². The Morgan fingerprint density at radius 2 is 0.925 bits per heavy atom. The molecule has 0 saturated heterocycles. The first-order valence-corrected chi connectivity index (χ1v) is 18.8. The van der Waals surface area contributed by atoms with Crippen molar-refractivity contribution in [3.63, 3.8) is 0 Å². The maximum Gasteiger partial charge on any atom is 0.417 e. The van der Waals surface area contributed by atoms with E-state index in [1.54, 1.807) is 0 Å². The van der Waals surface area contributed by atoms with E-state index < -0.39 is 47.0 Å². The van der Waals surface area contributed by atoms with Crippen LogP contribution in [-0.4, -0.2) is 28.3 Å². The molecule has 0 amide bonds. The summed E-state index contributed by atoms with van der Waals surface area (Å²) in [4.78, 5) is -1.47. The van der Waals surface area contributed by atoms with Gasteiger partial charge in [0.05, 0.1) is 26.9 Å². The highest BCUT2D eigenvalue weighted by Gasteiger charge is 2.38. The molecule has 40 heavy (non-hydrogen) atoms. The van der Waals surface area contributed by atoms with Crippen molar-refractivity contribution in [1.82, 2.24) is 0 Å². The van der Waals surface area contributed by atoms with Gasteiger partial charge in [-0.25, -0.2) is 16.8 Å². The quantitative estimate of drug-likeness (QED) is 0.109. The van der Waals surface area contributed by atoms with Gasteiger partial charge in [0.25, 0.3) is 0 Å². The second kappa shape index (κ2) is 19.9. The van der Waals surface area contributed by atoms with E-state index in [0.29, 0.717) is 31.4 Å². The summed E-state index contributed by atoms with van der Waals surface area (Å²) in [5.74, 6) is -0.673. The van der Waals surface area contributed by atoms with Gasteiger partial charge in [-0.2, -0.15) is 13.2 Å². The van der Waals surface area contributed by atoms with E-state index in [9.17, 15) is 30.0 Å². The van der Waals surface area contributed by atoms with Crippen molar-refractivity contribution in [2.45, 2.75) is 158 Å². The van der Waals surface area contributed by atoms with Gasteiger partial charge in [0.1, 0.15) is 0 Å². The minimum atomic E-state index is -4.99. The molecule has 1 aromatic rings. The molecule has 4 nitrogen and oxygen atoms in total. The average Bonchev–Trinajstić information content (AvgIpc) is 2.90. The monoisotopic (exact) mass is 609 g/mol. The number of hydrogen-bond donors (Lipinski definition) is 0. The number of halogens is 3. The van der Waals surface area contributed by atoms with Crippen molar-refractivity contribution in [1.29, 1.82) is 0 Å². The van der Waals surface area contributed by atoms with Crippen molar-refractivity contribution >= 4 is 19.7 Å². The van der Waals surface area contributed by atoms with Crippen LogP contribution in [-0.2, 0) is 25.9 Å². The highest BCUT2D eigenvalue weighted by molar-refractivity contribution is 7.92. The summed E-state index contributed by atoms with van der Waals surface area (Å²) in [6.45, 7) is 4.34. The predicted molar refractivity (Wildman–Crippen MR) is 158 cm³/mol. The van der Waals surface area contributed by atoms with Crippen LogP contribution >= 0.6 is 0 Å². The van der Waals surface area contributed by atoms with Crippen LogP contribution in [0.15, 0.2) is 21.9 Å². The third-order valence-electron chi connectivity index (χ3n) is 7.40. The molecule has 1 rings (SSSR count). The Bertz CT molecular complexity index is 1020. The Balaban J connectivity index is 2.62. The lowest BCUT2D eigenvalue weighted by Gasteiger charge is -2.15.